The molecular weight excluding hydrogens is 360 g/mol. The normalized spacial score (nSPS) is 10.3. The SMILES string of the molecule is Cc1cc(CO)c([N+](=O)[O-])c(OC(=O)c2cncc(C(=O)OCCO)c2)c1. The van der Waals surface area contributed by atoms with Crippen LogP contribution in [0.3, 0.4) is 0 Å². The lowest BCUT2D eigenvalue weighted by Crippen LogP contribution is -2.14. The van der Waals surface area contributed by atoms with Crippen molar-refractivity contribution in [2.24, 2.45) is 0 Å². The maximum absolute atomic E-state index is 12.3. The van der Waals surface area contributed by atoms with Crippen LogP contribution in [0, 0.1) is 17.0 Å². The van der Waals surface area contributed by atoms with Gasteiger partial charge in [-0.2, -0.15) is 0 Å². The molecule has 142 valence electrons. The lowest BCUT2D eigenvalue weighted by atomic mass is 10.1. The summed E-state index contributed by atoms with van der Waals surface area (Å²) in [7, 11) is 0. The number of aliphatic hydroxyl groups excluding tert-OH is 2. The van der Waals surface area contributed by atoms with Gasteiger partial charge in [0.1, 0.15) is 6.61 Å². The van der Waals surface area contributed by atoms with Gasteiger partial charge < -0.3 is 19.7 Å². The Morgan fingerprint density at radius 1 is 1.15 bits per heavy atom. The van der Waals surface area contributed by atoms with Gasteiger partial charge in [0.2, 0.25) is 5.75 Å². The highest BCUT2D eigenvalue weighted by Gasteiger charge is 2.24. The number of carbonyl (C=O) groups excluding carboxylic acids is 2. The highest BCUT2D eigenvalue weighted by atomic mass is 16.6. The first-order chi connectivity index (χ1) is 12.9. The topological polar surface area (TPSA) is 149 Å². The highest BCUT2D eigenvalue weighted by molar-refractivity contribution is 5.95. The van der Waals surface area contributed by atoms with Crippen molar-refractivity contribution in [3.8, 4) is 5.75 Å². The van der Waals surface area contributed by atoms with Gasteiger partial charge in [0, 0.05) is 12.4 Å². The van der Waals surface area contributed by atoms with Crippen LogP contribution < -0.4 is 4.74 Å². The Balaban J connectivity index is 2.32. The third kappa shape index (κ3) is 4.84. The van der Waals surface area contributed by atoms with E-state index in [2.05, 4.69) is 4.98 Å². The van der Waals surface area contributed by atoms with E-state index in [-0.39, 0.29) is 35.7 Å². The van der Waals surface area contributed by atoms with E-state index in [9.17, 15) is 24.8 Å². The molecule has 1 aromatic carbocycles. The van der Waals surface area contributed by atoms with Gasteiger partial charge >= 0.3 is 17.6 Å². The highest BCUT2D eigenvalue weighted by Crippen LogP contribution is 2.33. The summed E-state index contributed by atoms with van der Waals surface area (Å²) in [5, 5.41) is 29.3. The Kier molecular flexibility index (Phi) is 6.52. The molecule has 10 heteroatoms. The number of aromatic nitrogens is 1. The van der Waals surface area contributed by atoms with E-state index in [1.807, 2.05) is 0 Å². The largest absolute Gasteiger partial charge is 0.460 e. The van der Waals surface area contributed by atoms with Crippen LogP contribution in [0.2, 0.25) is 0 Å². The molecule has 1 aromatic heterocycles. The number of pyridine rings is 1. The van der Waals surface area contributed by atoms with Gasteiger partial charge in [-0.25, -0.2) is 9.59 Å². The predicted molar refractivity (Wildman–Crippen MR) is 90.3 cm³/mol. The first kappa shape index (κ1) is 19.9. The van der Waals surface area contributed by atoms with Crippen LogP contribution >= 0.6 is 0 Å². The average molecular weight is 376 g/mol. The summed E-state index contributed by atoms with van der Waals surface area (Å²) in [5.41, 5.74) is -0.153. The van der Waals surface area contributed by atoms with Crippen LogP contribution in [0.4, 0.5) is 5.69 Å². The van der Waals surface area contributed by atoms with E-state index in [1.165, 1.54) is 12.1 Å². The smallest absolute Gasteiger partial charge is 0.345 e. The lowest BCUT2D eigenvalue weighted by molar-refractivity contribution is -0.386. The second-order valence-electron chi connectivity index (χ2n) is 5.40. The van der Waals surface area contributed by atoms with E-state index in [4.69, 9.17) is 14.6 Å². The maximum Gasteiger partial charge on any atom is 0.345 e. The summed E-state index contributed by atoms with van der Waals surface area (Å²) in [6.07, 6.45) is 2.29. The Bertz CT molecular complexity index is 881. The molecule has 0 aliphatic rings. The van der Waals surface area contributed by atoms with Crippen LogP contribution in [0.1, 0.15) is 31.8 Å². The standard InChI is InChI=1S/C17H16N2O8/c1-10-4-13(9-21)15(19(24)25)14(5-10)27-17(23)12-6-11(7-18-8-12)16(22)26-3-2-20/h4-8,20-21H,2-3,9H2,1H3. The van der Waals surface area contributed by atoms with Crippen molar-refractivity contribution < 1.29 is 34.2 Å². The first-order valence-electron chi connectivity index (χ1n) is 7.71. The minimum absolute atomic E-state index is 0.00209. The van der Waals surface area contributed by atoms with Crippen molar-refractivity contribution in [3.05, 3.63) is 63.0 Å². The molecule has 0 saturated heterocycles. The molecule has 2 rings (SSSR count). The molecule has 0 fully saturated rings. The number of aryl methyl sites for hydroxylation is 1. The molecule has 0 atom stereocenters. The van der Waals surface area contributed by atoms with Crippen LogP contribution in [0.15, 0.2) is 30.6 Å². The number of benzene rings is 1. The van der Waals surface area contributed by atoms with Gasteiger partial charge in [-0.15, -0.1) is 0 Å². The number of esters is 2. The fourth-order valence-corrected chi connectivity index (χ4v) is 2.27. The monoisotopic (exact) mass is 376 g/mol. The van der Waals surface area contributed by atoms with Crippen molar-refractivity contribution >= 4 is 17.6 Å². The molecule has 0 radical (unpaired) electrons. The molecule has 0 saturated carbocycles. The summed E-state index contributed by atoms with van der Waals surface area (Å²) in [4.78, 5) is 38.4. The predicted octanol–water partition coefficient (Wildman–Crippen LogP) is 1.16. The molecule has 0 aliphatic carbocycles. The van der Waals surface area contributed by atoms with Gasteiger partial charge in [-0.05, 0) is 30.7 Å². The number of nitro groups is 1. The zero-order valence-electron chi connectivity index (χ0n) is 14.2. The lowest BCUT2D eigenvalue weighted by Gasteiger charge is -2.09. The van der Waals surface area contributed by atoms with Crippen LogP contribution in [0.5, 0.6) is 5.75 Å². The van der Waals surface area contributed by atoms with Gasteiger partial charge in [-0.1, -0.05) is 0 Å². The Labute approximate surface area is 153 Å². The number of nitrogens with zero attached hydrogens (tertiary/aromatic N) is 2. The van der Waals surface area contributed by atoms with Crippen molar-refractivity contribution in [2.45, 2.75) is 13.5 Å². The molecule has 1 heterocycles. The quantitative estimate of drug-likeness (QED) is 0.314. The van der Waals surface area contributed by atoms with Gasteiger partial charge in [0.15, 0.2) is 0 Å². The summed E-state index contributed by atoms with van der Waals surface area (Å²) < 4.78 is 9.84. The minimum Gasteiger partial charge on any atom is -0.460 e. The summed E-state index contributed by atoms with van der Waals surface area (Å²) in [5.74, 6) is -2.10. The number of aliphatic hydroxyl groups is 2. The van der Waals surface area contributed by atoms with Gasteiger partial charge in [0.25, 0.3) is 0 Å². The van der Waals surface area contributed by atoms with Crippen LogP contribution in [0.25, 0.3) is 0 Å². The number of hydrogen-bond acceptors (Lipinski definition) is 9. The van der Waals surface area contributed by atoms with E-state index in [0.29, 0.717) is 5.56 Å². The molecule has 0 unspecified atom stereocenters. The number of nitro benzene ring substituents is 1. The maximum atomic E-state index is 12.3. The Hall–Kier alpha value is -3.37. The zero-order chi connectivity index (χ0) is 20.0. The molecule has 0 bridgehead atoms. The number of ether oxygens (including phenoxy) is 2. The second-order valence-corrected chi connectivity index (χ2v) is 5.40. The van der Waals surface area contributed by atoms with Crippen LogP contribution in [-0.4, -0.2) is 45.3 Å². The molecule has 0 amide bonds. The van der Waals surface area contributed by atoms with E-state index in [1.54, 1.807) is 6.92 Å². The number of carbonyl (C=O) groups is 2. The van der Waals surface area contributed by atoms with Crippen molar-refractivity contribution in [1.82, 2.24) is 4.98 Å². The Morgan fingerprint density at radius 3 is 2.41 bits per heavy atom. The molecule has 2 N–H and O–H groups in total. The van der Waals surface area contributed by atoms with Crippen LogP contribution in [-0.2, 0) is 11.3 Å². The average Bonchev–Trinajstić information content (AvgIpc) is 2.65. The number of hydrogen-bond donors (Lipinski definition) is 2. The second kappa shape index (κ2) is 8.83. The molecule has 0 aliphatic heterocycles. The van der Waals surface area contributed by atoms with E-state index < -0.39 is 29.2 Å². The summed E-state index contributed by atoms with van der Waals surface area (Å²) >= 11 is 0. The molecule has 10 nitrogen and oxygen atoms in total. The van der Waals surface area contributed by atoms with E-state index >= 15 is 0 Å². The molecular formula is C17H16N2O8. The van der Waals surface area contributed by atoms with Gasteiger partial charge in [-0.3, -0.25) is 15.1 Å². The van der Waals surface area contributed by atoms with Gasteiger partial charge in [0.05, 0.1) is 34.8 Å². The minimum atomic E-state index is -0.975. The number of rotatable bonds is 7. The molecule has 2 aromatic rings. The third-order valence-electron chi connectivity index (χ3n) is 3.39. The Morgan fingerprint density at radius 2 is 1.81 bits per heavy atom. The van der Waals surface area contributed by atoms with Crippen molar-refractivity contribution in [1.29, 1.82) is 0 Å². The summed E-state index contributed by atoms with van der Waals surface area (Å²) in [6, 6.07) is 3.86. The zero-order valence-corrected chi connectivity index (χ0v) is 14.2. The fraction of sp³-hybridized carbons (Fsp3) is 0.235. The van der Waals surface area contributed by atoms with E-state index in [0.717, 1.165) is 18.5 Å². The first-order valence-corrected chi connectivity index (χ1v) is 7.71. The van der Waals surface area contributed by atoms with Crippen molar-refractivity contribution in [3.63, 3.8) is 0 Å². The summed E-state index contributed by atoms with van der Waals surface area (Å²) in [6.45, 7) is 0.452. The molecule has 27 heavy (non-hydrogen) atoms. The third-order valence-corrected chi connectivity index (χ3v) is 3.39. The fourth-order valence-electron chi connectivity index (χ4n) is 2.27. The molecule has 0 spiro atoms. The van der Waals surface area contributed by atoms with Crippen molar-refractivity contribution in [2.75, 3.05) is 13.2 Å².